The summed E-state index contributed by atoms with van der Waals surface area (Å²) >= 11 is 0. The van der Waals surface area contributed by atoms with Gasteiger partial charge in [0.25, 0.3) is 5.56 Å². The van der Waals surface area contributed by atoms with Gasteiger partial charge in [0.2, 0.25) is 0 Å². The molecule has 1 fully saturated rings. The number of aryl methyl sites for hydroxylation is 2. The fourth-order valence-corrected chi connectivity index (χ4v) is 3.63. The Morgan fingerprint density at radius 3 is 2.88 bits per heavy atom. The van der Waals surface area contributed by atoms with Gasteiger partial charge in [0, 0.05) is 25.4 Å². The van der Waals surface area contributed by atoms with Gasteiger partial charge in [0.05, 0.1) is 31.6 Å². The Morgan fingerprint density at radius 1 is 1.25 bits per heavy atom. The first-order valence-corrected chi connectivity index (χ1v) is 8.59. The van der Waals surface area contributed by atoms with Gasteiger partial charge in [-0.2, -0.15) is 0 Å². The van der Waals surface area contributed by atoms with Crippen LogP contribution in [0.4, 0.5) is 0 Å². The number of ether oxygens (including phenoxy) is 1. The number of hydrogen-bond acceptors (Lipinski definition) is 3. The molecule has 0 amide bonds. The van der Waals surface area contributed by atoms with Crippen molar-refractivity contribution in [3.05, 3.63) is 40.9 Å². The molecule has 0 bridgehead atoms. The van der Waals surface area contributed by atoms with Crippen LogP contribution in [0, 0.1) is 0 Å². The number of nitrogens with one attached hydrogen (secondary N) is 1. The largest absolute Gasteiger partial charge is 0.370 e. The molecule has 1 N–H and O–H groups in total. The minimum absolute atomic E-state index is 0.0516. The highest BCUT2D eigenvalue weighted by Gasteiger charge is 2.15. The Morgan fingerprint density at radius 2 is 2.04 bits per heavy atom. The quantitative estimate of drug-likeness (QED) is 0.744. The van der Waals surface area contributed by atoms with E-state index in [-0.39, 0.29) is 5.56 Å². The zero-order valence-corrected chi connectivity index (χ0v) is 14.0. The van der Waals surface area contributed by atoms with Crippen LogP contribution in [-0.2, 0) is 18.3 Å². The monoisotopic (exact) mass is 327 g/mol. The predicted molar refractivity (Wildman–Crippen MR) is 93.5 cm³/mol. The van der Waals surface area contributed by atoms with Crippen molar-refractivity contribution in [3.63, 3.8) is 0 Å². The molecule has 0 unspecified atom stereocenters. The zero-order valence-electron chi connectivity index (χ0n) is 14.0. The van der Waals surface area contributed by atoms with E-state index in [1.807, 2.05) is 35.9 Å². The third-order valence-electron chi connectivity index (χ3n) is 5.00. The second-order valence-corrected chi connectivity index (χ2v) is 6.48. The highest BCUT2D eigenvalue weighted by molar-refractivity contribution is 6.05. The van der Waals surface area contributed by atoms with Gasteiger partial charge >= 0.3 is 0 Å². The van der Waals surface area contributed by atoms with Gasteiger partial charge in [-0.1, -0.05) is 18.2 Å². The molecule has 2 aromatic heterocycles. The lowest BCUT2D eigenvalue weighted by Crippen LogP contribution is -3.14. The number of fused-ring (bicyclic) bond motifs is 3. The Bertz CT molecular complexity index is 922. The number of morpholine rings is 1. The van der Waals surface area contributed by atoms with Crippen molar-refractivity contribution in [2.24, 2.45) is 7.05 Å². The smallest absolute Gasteiger partial charge is 0.277 e. The Labute approximate surface area is 140 Å². The Hall–Kier alpha value is -2.18. The molecule has 24 heavy (non-hydrogen) atoms. The number of para-hydroxylation sites is 1. The summed E-state index contributed by atoms with van der Waals surface area (Å²) in [6.45, 7) is 5.61. The van der Waals surface area contributed by atoms with E-state index in [9.17, 15) is 4.79 Å². The van der Waals surface area contributed by atoms with Gasteiger partial charge in [-0.25, -0.2) is 4.98 Å². The molecule has 1 aromatic carbocycles. The first kappa shape index (κ1) is 15.4. The van der Waals surface area contributed by atoms with Crippen molar-refractivity contribution in [2.45, 2.75) is 13.0 Å². The maximum absolute atomic E-state index is 12.9. The zero-order chi connectivity index (χ0) is 16.5. The minimum atomic E-state index is 0.0516. The summed E-state index contributed by atoms with van der Waals surface area (Å²) in [6.07, 6.45) is 2.68. The molecule has 0 aliphatic carbocycles. The SMILES string of the molecule is Cn1c2ccccc2c2ncn(CCC[NH+]3CCOCC3)c(=O)c21. The highest BCUT2D eigenvalue weighted by atomic mass is 16.5. The van der Waals surface area contributed by atoms with Crippen LogP contribution in [0.3, 0.4) is 0 Å². The van der Waals surface area contributed by atoms with Crippen molar-refractivity contribution in [2.75, 3.05) is 32.8 Å². The van der Waals surface area contributed by atoms with Crippen LogP contribution in [0.1, 0.15) is 6.42 Å². The standard InChI is InChI=1S/C18H22N4O2/c1-20-15-6-3-2-5-14(15)16-17(20)18(23)22(13-19-16)8-4-7-21-9-11-24-12-10-21/h2-3,5-6,13H,4,7-12H2,1H3/p+1. The van der Waals surface area contributed by atoms with Crippen LogP contribution >= 0.6 is 0 Å². The lowest BCUT2D eigenvalue weighted by Gasteiger charge is -2.23. The van der Waals surface area contributed by atoms with Crippen LogP contribution < -0.4 is 10.5 Å². The lowest BCUT2D eigenvalue weighted by molar-refractivity contribution is -0.908. The van der Waals surface area contributed by atoms with Gasteiger partial charge < -0.3 is 14.2 Å². The van der Waals surface area contributed by atoms with Gasteiger partial charge in [0.15, 0.2) is 0 Å². The molecule has 126 valence electrons. The molecule has 0 saturated carbocycles. The summed E-state index contributed by atoms with van der Waals surface area (Å²) < 4.78 is 9.10. The topological polar surface area (TPSA) is 53.5 Å². The van der Waals surface area contributed by atoms with Crippen molar-refractivity contribution in [1.29, 1.82) is 0 Å². The molecule has 3 aromatic rings. The average molecular weight is 327 g/mol. The van der Waals surface area contributed by atoms with E-state index >= 15 is 0 Å². The van der Waals surface area contributed by atoms with Gasteiger partial charge in [0.1, 0.15) is 24.1 Å². The summed E-state index contributed by atoms with van der Waals surface area (Å²) in [5, 5.41) is 1.04. The molecule has 6 nitrogen and oxygen atoms in total. The molecular formula is C18H23N4O2+. The first-order chi connectivity index (χ1) is 11.8. The molecule has 1 saturated heterocycles. The summed E-state index contributed by atoms with van der Waals surface area (Å²) in [5.41, 5.74) is 2.59. The first-order valence-electron chi connectivity index (χ1n) is 8.59. The van der Waals surface area contributed by atoms with Crippen molar-refractivity contribution < 1.29 is 9.64 Å². The van der Waals surface area contributed by atoms with E-state index in [2.05, 4.69) is 4.98 Å². The molecule has 1 aliphatic heterocycles. The van der Waals surface area contributed by atoms with Gasteiger partial charge in [-0.15, -0.1) is 0 Å². The highest BCUT2D eigenvalue weighted by Crippen LogP contribution is 2.23. The molecule has 0 atom stereocenters. The van der Waals surface area contributed by atoms with Crippen LogP contribution in [-0.4, -0.2) is 47.0 Å². The maximum Gasteiger partial charge on any atom is 0.277 e. The normalized spacial score (nSPS) is 16.2. The minimum Gasteiger partial charge on any atom is -0.370 e. The van der Waals surface area contributed by atoms with Gasteiger partial charge in [-0.05, 0) is 6.07 Å². The summed E-state index contributed by atoms with van der Waals surface area (Å²) in [6, 6.07) is 8.03. The molecule has 3 heterocycles. The van der Waals surface area contributed by atoms with Gasteiger partial charge in [-0.3, -0.25) is 9.36 Å². The second-order valence-electron chi connectivity index (χ2n) is 6.48. The molecular weight excluding hydrogens is 304 g/mol. The van der Waals surface area contributed by atoms with Crippen molar-refractivity contribution in [3.8, 4) is 0 Å². The van der Waals surface area contributed by atoms with E-state index < -0.39 is 0 Å². The predicted octanol–water partition coefficient (Wildman–Crippen LogP) is 0.193. The number of nitrogens with zero attached hydrogens (tertiary/aromatic N) is 3. The van der Waals surface area contributed by atoms with E-state index in [0.29, 0.717) is 12.1 Å². The van der Waals surface area contributed by atoms with Crippen LogP contribution in [0.25, 0.3) is 21.9 Å². The molecule has 4 rings (SSSR count). The molecule has 0 spiro atoms. The number of hydrogen-bond donors (Lipinski definition) is 1. The third kappa shape index (κ3) is 2.61. The fraction of sp³-hybridized carbons (Fsp3) is 0.444. The summed E-state index contributed by atoms with van der Waals surface area (Å²) in [4.78, 5) is 19.0. The average Bonchev–Trinajstić information content (AvgIpc) is 2.91. The summed E-state index contributed by atoms with van der Waals surface area (Å²) in [5.74, 6) is 0. The molecule has 0 radical (unpaired) electrons. The maximum atomic E-state index is 12.9. The molecule has 6 heteroatoms. The Balaban J connectivity index is 1.60. The van der Waals surface area contributed by atoms with Crippen molar-refractivity contribution >= 4 is 21.9 Å². The van der Waals surface area contributed by atoms with E-state index in [4.69, 9.17) is 4.74 Å². The number of rotatable bonds is 4. The fourth-order valence-electron chi connectivity index (χ4n) is 3.63. The van der Waals surface area contributed by atoms with Crippen molar-refractivity contribution in [1.82, 2.24) is 14.1 Å². The van der Waals surface area contributed by atoms with Crippen LogP contribution in [0.2, 0.25) is 0 Å². The summed E-state index contributed by atoms with van der Waals surface area (Å²) in [7, 11) is 1.94. The van der Waals surface area contributed by atoms with E-state index in [1.54, 1.807) is 15.8 Å². The third-order valence-corrected chi connectivity index (χ3v) is 5.00. The van der Waals surface area contributed by atoms with Crippen LogP contribution in [0.5, 0.6) is 0 Å². The van der Waals surface area contributed by atoms with E-state index in [0.717, 1.165) is 55.7 Å². The second kappa shape index (κ2) is 6.37. The number of benzene rings is 1. The van der Waals surface area contributed by atoms with E-state index in [1.165, 1.54) is 0 Å². The number of aromatic nitrogens is 3. The number of quaternary nitrogens is 1. The molecule has 1 aliphatic rings. The van der Waals surface area contributed by atoms with Crippen LogP contribution in [0.15, 0.2) is 35.4 Å². The Kier molecular flexibility index (Phi) is 4.08. The lowest BCUT2D eigenvalue weighted by atomic mass is 10.2.